The van der Waals surface area contributed by atoms with E-state index >= 15 is 0 Å². The molecule has 0 bridgehead atoms. The SMILES string of the molecule is COc1cccc2c(SCC(=O)N/N=C/c3ccc(O)cc3O)cc(C)nc12. The normalized spacial score (nSPS) is 11.1. The number of benzene rings is 2. The van der Waals surface area contributed by atoms with Crippen molar-refractivity contribution in [3.05, 3.63) is 53.7 Å². The topological polar surface area (TPSA) is 104 Å². The number of thioether (sulfide) groups is 1. The summed E-state index contributed by atoms with van der Waals surface area (Å²) in [5.74, 6) is 0.386. The molecule has 3 aromatic rings. The number of phenols is 2. The highest BCUT2D eigenvalue weighted by Crippen LogP contribution is 2.32. The van der Waals surface area contributed by atoms with Gasteiger partial charge in [-0.25, -0.2) is 10.4 Å². The third kappa shape index (κ3) is 4.52. The summed E-state index contributed by atoms with van der Waals surface area (Å²) in [6, 6.07) is 11.7. The summed E-state index contributed by atoms with van der Waals surface area (Å²) >= 11 is 1.38. The number of hydrogen-bond acceptors (Lipinski definition) is 7. The van der Waals surface area contributed by atoms with E-state index in [0.29, 0.717) is 11.3 Å². The number of ether oxygens (including phenoxy) is 1. The number of hydrazone groups is 1. The zero-order valence-corrected chi connectivity index (χ0v) is 16.2. The van der Waals surface area contributed by atoms with Crippen molar-refractivity contribution >= 4 is 34.8 Å². The third-order valence-corrected chi connectivity index (χ3v) is 4.93. The maximum atomic E-state index is 12.1. The Morgan fingerprint density at radius 2 is 2.11 bits per heavy atom. The summed E-state index contributed by atoms with van der Waals surface area (Å²) in [5, 5.41) is 23.7. The molecule has 0 aliphatic rings. The largest absolute Gasteiger partial charge is 0.508 e. The number of nitrogens with one attached hydrogen (secondary N) is 1. The number of rotatable bonds is 6. The fraction of sp³-hybridized carbons (Fsp3) is 0.150. The van der Waals surface area contributed by atoms with Crippen LogP contribution in [-0.2, 0) is 4.79 Å². The highest BCUT2D eigenvalue weighted by molar-refractivity contribution is 8.00. The maximum Gasteiger partial charge on any atom is 0.250 e. The fourth-order valence-electron chi connectivity index (χ4n) is 2.59. The van der Waals surface area contributed by atoms with Gasteiger partial charge in [0.15, 0.2) is 0 Å². The molecule has 0 radical (unpaired) electrons. The van der Waals surface area contributed by atoms with Crippen LogP contribution in [0.25, 0.3) is 10.9 Å². The first-order chi connectivity index (χ1) is 13.5. The molecule has 0 saturated heterocycles. The molecule has 1 aromatic heterocycles. The standard InChI is InChI=1S/C20H19N3O4S/c1-12-8-18(15-4-3-5-17(27-2)20(15)22-12)28-11-19(26)23-21-10-13-6-7-14(24)9-16(13)25/h3-10,24-25H,11H2,1-2H3,(H,23,26)/b21-10+. The van der Waals surface area contributed by atoms with Crippen LogP contribution >= 0.6 is 11.8 Å². The van der Waals surface area contributed by atoms with Gasteiger partial charge >= 0.3 is 0 Å². The third-order valence-electron chi connectivity index (χ3n) is 3.88. The molecular weight excluding hydrogens is 378 g/mol. The summed E-state index contributed by atoms with van der Waals surface area (Å²) in [6.07, 6.45) is 1.31. The van der Waals surface area contributed by atoms with Crippen molar-refractivity contribution in [2.45, 2.75) is 11.8 Å². The van der Waals surface area contributed by atoms with Gasteiger partial charge in [-0.2, -0.15) is 5.10 Å². The lowest BCUT2D eigenvalue weighted by Gasteiger charge is -2.10. The summed E-state index contributed by atoms with van der Waals surface area (Å²) in [6.45, 7) is 1.89. The van der Waals surface area contributed by atoms with Crippen LogP contribution < -0.4 is 10.2 Å². The van der Waals surface area contributed by atoms with Crippen molar-refractivity contribution in [2.75, 3.05) is 12.9 Å². The molecule has 3 N–H and O–H groups in total. The average molecular weight is 397 g/mol. The van der Waals surface area contributed by atoms with Crippen molar-refractivity contribution in [3.63, 3.8) is 0 Å². The van der Waals surface area contributed by atoms with E-state index in [0.717, 1.165) is 21.5 Å². The van der Waals surface area contributed by atoms with Crippen molar-refractivity contribution in [2.24, 2.45) is 5.10 Å². The lowest BCUT2D eigenvalue weighted by atomic mass is 10.2. The number of aromatic nitrogens is 1. The highest BCUT2D eigenvalue weighted by atomic mass is 32.2. The molecule has 1 heterocycles. The minimum absolute atomic E-state index is 0.0495. The molecule has 0 aliphatic carbocycles. The van der Waals surface area contributed by atoms with Gasteiger partial charge in [0.25, 0.3) is 0 Å². The summed E-state index contributed by atoms with van der Waals surface area (Å²) in [5.41, 5.74) is 4.40. The molecule has 1 amide bonds. The fourth-order valence-corrected chi connectivity index (χ4v) is 3.51. The van der Waals surface area contributed by atoms with Crippen LogP contribution in [0.4, 0.5) is 0 Å². The second-order valence-electron chi connectivity index (χ2n) is 5.94. The Morgan fingerprint density at radius 3 is 2.86 bits per heavy atom. The Kier molecular flexibility index (Phi) is 6.00. The van der Waals surface area contributed by atoms with Crippen LogP contribution in [0.2, 0.25) is 0 Å². The Hall–Kier alpha value is -3.26. The average Bonchev–Trinajstić information content (AvgIpc) is 2.67. The number of phenolic OH excluding ortho intramolecular Hbond substituents is 2. The monoisotopic (exact) mass is 397 g/mol. The summed E-state index contributed by atoms with van der Waals surface area (Å²) in [7, 11) is 1.60. The zero-order valence-electron chi connectivity index (χ0n) is 15.3. The van der Waals surface area contributed by atoms with Crippen LogP contribution in [0.3, 0.4) is 0 Å². The van der Waals surface area contributed by atoms with E-state index in [1.165, 1.54) is 36.2 Å². The maximum absolute atomic E-state index is 12.1. The smallest absolute Gasteiger partial charge is 0.250 e. The molecule has 0 saturated carbocycles. The number of pyridine rings is 1. The molecule has 7 nitrogen and oxygen atoms in total. The molecule has 0 atom stereocenters. The van der Waals surface area contributed by atoms with Crippen molar-refractivity contribution in [1.29, 1.82) is 0 Å². The number of fused-ring (bicyclic) bond motifs is 1. The first-order valence-corrected chi connectivity index (χ1v) is 9.37. The molecule has 0 fully saturated rings. The number of para-hydroxylation sites is 1. The lowest BCUT2D eigenvalue weighted by Crippen LogP contribution is -2.19. The number of carbonyl (C=O) groups excluding carboxylic acids is 1. The van der Waals surface area contributed by atoms with Gasteiger partial charge in [0.2, 0.25) is 5.91 Å². The van der Waals surface area contributed by atoms with E-state index in [1.54, 1.807) is 7.11 Å². The number of aromatic hydroxyl groups is 2. The first-order valence-electron chi connectivity index (χ1n) is 8.39. The molecular formula is C20H19N3O4S. The minimum Gasteiger partial charge on any atom is -0.508 e. The number of aryl methyl sites for hydroxylation is 1. The van der Waals surface area contributed by atoms with E-state index in [4.69, 9.17) is 4.74 Å². The number of amides is 1. The van der Waals surface area contributed by atoms with Crippen LogP contribution in [0.1, 0.15) is 11.3 Å². The molecule has 0 spiro atoms. The van der Waals surface area contributed by atoms with Gasteiger partial charge in [-0.1, -0.05) is 12.1 Å². The quantitative estimate of drug-likeness (QED) is 0.335. The number of carbonyl (C=O) groups is 1. The van der Waals surface area contributed by atoms with Crippen LogP contribution in [0.5, 0.6) is 17.2 Å². The summed E-state index contributed by atoms with van der Waals surface area (Å²) < 4.78 is 5.37. The van der Waals surface area contributed by atoms with Crippen LogP contribution in [-0.4, -0.2) is 40.2 Å². The predicted molar refractivity (Wildman–Crippen MR) is 109 cm³/mol. The van der Waals surface area contributed by atoms with Crippen LogP contribution in [0.15, 0.2) is 52.5 Å². The highest BCUT2D eigenvalue weighted by Gasteiger charge is 2.10. The number of methoxy groups -OCH3 is 1. The molecule has 144 valence electrons. The lowest BCUT2D eigenvalue weighted by molar-refractivity contribution is -0.118. The molecule has 2 aromatic carbocycles. The van der Waals surface area contributed by atoms with Gasteiger partial charge in [-0.15, -0.1) is 11.8 Å². The predicted octanol–water partition coefficient (Wildman–Crippen LogP) is 3.21. The minimum atomic E-state index is -0.287. The van der Waals surface area contributed by atoms with Crippen molar-refractivity contribution < 1.29 is 19.7 Å². The zero-order chi connectivity index (χ0) is 20.1. The van der Waals surface area contributed by atoms with E-state index < -0.39 is 0 Å². The van der Waals surface area contributed by atoms with Gasteiger partial charge in [-0.3, -0.25) is 4.79 Å². The molecule has 0 unspecified atom stereocenters. The molecule has 0 aliphatic heterocycles. The van der Waals surface area contributed by atoms with Gasteiger partial charge in [0, 0.05) is 27.6 Å². The number of nitrogens with zero attached hydrogens (tertiary/aromatic N) is 2. The first kappa shape index (κ1) is 19.5. The van der Waals surface area contributed by atoms with Gasteiger partial charge in [0.1, 0.15) is 22.8 Å². The second-order valence-corrected chi connectivity index (χ2v) is 6.96. The van der Waals surface area contributed by atoms with Gasteiger partial charge in [-0.05, 0) is 31.2 Å². The Bertz CT molecular complexity index is 1050. The molecule has 28 heavy (non-hydrogen) atoms. The van der Waals surface area contributed by atoms with E-state index in [2.05, 4.69) is 15.5 Å². The van der Waals surface area contributed by atoms with E-state index in [9.17, 15) is 15.0 Å². The number of hydrogen-bond donors (Lipinski definition) is 3. The van der Waals surface area contributed by atoms with Crippen LogP contribution in [0, 0.1) is 6.92 Å². The Labute approximate surface area is 166 Å². The Morgan fingerprint density at radius 1 is 1.29 bits per heavy atom. The van der Waals surface area contributed by atoms with Gasteiger partial charge < -0.3 is 14.9 Å². The second kappa shape index (κ2) is 8.62. The van der Waals surface area contributed by atoms with Gasteiger partial charge in [0.05, 0.1) is 19.1 Å². The van der Waals surface area contributed by atoms with Crippen molar-refractivity contribution in [1.82, 2.24) is 10.4 Å². The summed E-state index contributed by atoms with van der Waals surface area (Å²) in [4.78, 5) is 17.6. The van der Waals surface area contributed by atoms with E-state index in [1.807, 2.05) is 31.2 Å². The Balaban J connectivity index is 1.67. The molecule has 8 heteroatoms. The van der Waals surface area contributed by atoms with Crippen molar-refractivity contribution in [3.8, 4) is 17.2 Å². The molecule has 3 rings (SSSR count). The van der Waals surface area contributed by atoms with E-state index in [-0.39, 0.29) is 23.2 Å².